The number of ether oxygens (including phenoxy) is 1. The van der Waals surface area contributed by atoms with E-state index in [-0.39, 0.29) is 5.97 Å². The predicted molar refractivity (Wildman–Crippen MR) is 40.1 cm³/mol. The Morgan fingerprint density at radius 2 is 2.55 bits per heavy atom. The first-order valence-electron chi connectivity index (χ1n) is 3.75. The number of methoxy groups -OCH3 is 1. The normalized spacial score (nSPS) is 19.7. The Bertz CT molecular complexity index is 132. The summed E-state index contributed by atoms with van der Waals surface area (Å²) in [4.78, 5) is 12.8. The molecule has 0 bridgehead atoms. The standard InChI is InChI=1S/C7H13N2O2/c1-11-7(10)5-9-4-2-3-8-6-9/h2-6H2,1H3. The van der Waals surface area contributed by atoms with Crippen molar-refractivity contribution in [2.75, 3.05) is 33.4 Å². The fourth-order valence-electron chi connectivity index (χ4n) is 1.07. The highest BCUT2D eigenvalue weighted by molar-refractivity contribution is 5.71. The Balaban J connectivity index is 2.19. The Labute approximate surface area is 66.5 Å². The van der Waals surface area contributed by atoms with Gasteiger partial charge < -0.3 is 4.74 Å². The molecule has 0 saturated carbocycles. The van der Waals surface area contributed by atoms with Gasteiger partial charge >= 0.3 is 5.97 Å². The minimum atomic E-state index is -0.179. The van der Waals surface area contributed by atoms with E-state index in [4.69, 9.17) is 0 Å². The zero-order valence-electron chi connectivity index (χ0n) is 6.75. The smallest absolute Gasteiger partial charge is 0.319 e. The molecule has 0 atom stereocenters. The molecule has 11 heavy (non-hydrogen) atoms. The molecule has 0 unspecified atom stereocenters. The van der Waals surface area contributed by atoms with Crippen LogP contribution in [0.3, 0.4) is 0 Å². The van der Waals surface area contributed by atoms with Gasteiger partial charge in [0.15, 0.2) is 0 Å². The van der Waals surface area contributed by atoms with E-state index in [0.29, 0.717) is 13.2 Å². The molecule has 1 saturated heterocycles. The zero-order valence-corrected chi connectivity index (χ0v) is 6.75. The van der Waals surface area contributed by atoms with Gasteiger partial charge in [-0.05, 0) is 6.42 Å². The SMILES string of the molecule is COC(=O)CN1CCC[N]C1. The minimum absolute atomic E-state index is 0.179. The van der Waals surface area contributed by atoms with Crippen LogP contribution in [-0.4, -0.2) is 44.3 Å². The van der Waals surface area contributed by atoms with Gasteiger partial charge in [0.25, 0.3) is 0 Å². The second kappa shape index (κ2) is 4.31. The number of hydrogen-bond donors (Lipinski definition) is 0. The Hall–Kier alpha value is -0.610. The maximum absolute atomic E-state index is 10.8. The maximum atomic E-state index is 10.8. The summed E-state index contributed by atoms with van der Waals surface area (Å²) in [5.41, 5.74) is 0. The number of hydrogen-bond acceptors (Lipinski definition) is 3. The summed E-state index contributed by atoms with van der Waals surface area (Å²) >= 11 is 0. The molecule has 0 N–H and O–H groups in total. The molecule has 0 amide bonds. The monoisotopic (exact) mass is 157 g/mol. The highest BCUT2D eigenvalue weighted by atomic mass is 16.5. The van der Waals surface area contributed by atoms with E-state index >= 15 is 0 Å². The number of esters is 1. The number of rotatable bonds is 2. The lowest BCUT2D eigenvalue weighted by molar-refractivity contribution is -0.142. The molecule has 0 spiro atoms. The van der Waals surface area contributed by atoms with Crippen molar-refractivity contribution in [3.8, 4) is 0 Å². The number of carbonyl (C=O) groups excluding carboxylic acids is 1. The molecule has 1 fully saturated rings. The summed E-state index contributed by atoms with van der Waals surface area (Å²) in [6.07, 6.45) is 1.05. The van der Waals surface area contributed by atoms with Crippen LogP contribution in [-0.2, 0) is 9.53 Å². The lowest BCUT2D eigenvalue weighted by Gasteiger charge is -2.24. The Kier molecular flexibility index (Phi) is 3.32. The van der Waals surface area contributed by atoms with Gasteiger partial charge in [-0.1, -0.05) is 0 Å². The average Bonchev–Trinajstić information content (AvgIpc) is 2.06. The van der Waals surface area contributed by atoms with E-state index < -0.39 is 0 Å². The van der Waals surface area contributed by atoms with E-state index in [1.807, 2.05) is 4.90 Å². The Morgan fingerprint density at radius 1 is 1.73 bits per heavy atom. The summed E-state index contributed by atoms with van der Waals surface area (Å²) in [5, 5.41) is 4.16. The first kappa shape index (κ1) is 8.49. The lowest BCUT2D eigenvalue weighted by Crippen LogP contribution is -2.41. The fraction of sp³-hybridized carbons (Fsp3) is 0.857. The van der Waals surface area contributed by atoms with Crippen LogP contribution in [0, 0.1) is 0 Å². The van der Waals surface area contributed by atoms with Gasteiger partial charge in [0, 0.05) is 13.1 Å². The minimum Gasteiger partial charge on any atom is -0.468 e. The molecule has 0 aromatic rings. The fourth-order valence-corrected chi connectivity index (χ4v) is 1.07. The van der Waals surface area contributed by atoms with Crippen LogP contribution in [0.1, 0.15) is 6.42 Å². The van der Waals surface area contributed by atoms with E-state index in [9.17, 15) is 4.79 Å². The molecule has 0 aromatic heterocycles. The largest absolute Gasteiger partial charge is 0.468 e. The maximum Gasteiger partial charge on any atom is 0.319 e. The van der Waals surface area contributed by atoms with Crippen LogP contribution >= 0.6 is 0 Å². The molecule has 1 aliphatic heterocycles. The third-order valence-electron chi connectivity index (χ3n) is 1.67. The summed E-state index contributed by atoms with van der Waals surface area (Å²) in [6, 6.07) is 0. The molecule has 4 nitrogen and oxygen atoms in total. The summed E-state index contributed by atoms with van der Waals surface area (Å²) in [6.45, 7) is 2.94. The van der Waals surface area contributed by atoms with E-state index in [1.165, 1.54) is 7.11 Å². The van der Waals surface area contributed by atoms with Gasteiger partial charge in [-0.2, -0.15) is 0 Å². The van der Waals surface area contributed by atoms with Crippen molar-refractivity contribution >= 4 is 5.97 Å². The molecule has 1 heterocycles. The molecule has 0 aliphatic carbocycles. The van der Waals surface area contributed by atoms with E-state index in [2.05, 4.69) is 10.1 Å². The van der Waals surface area contributed by atoms with Gasteiger partial charge in [-0.15, -0.1) is 0 Å². The van der Waals surface area contributed by atoms with Crippen molar-refractivity contribution in [2.45, 2.75) is 6.42 Å². The molecule has 1 radical (unpaired) electrons. The van der Waals surface area contributed by atoms with Crippen LogP contribution < -0.4 is 5.32 Å². The van der Waals surface area contributed by atoms with Crippen LogP contribution in [0.15, 0.2) is 0 Å². The second-order valence-electron chi connectivity index (χ2n) is 2.57. The third-order valence-corrected chi connectivity index (χ3v) is 1.67. The summed E-state index contributed by atoms with van der Waals surface area (Å²) < 4.78 is 4.53. The Morgan fingerprint density at radius 3 is 3.09 bits per heavy atom. The predicted octanol–water partition coefficient (Wildman–Crippen LogP) is -0.573. The molecular formula is C7H13N2O2. The first-order chi connectivity index (χ1) is 5.33. The van der Waals surface area contributed by atoms with Crippen LogP contribution in [0.5, 0.6) is 0 Å². The van der Waals surface area contributed by atoms with Crippen LogP contribution in [0.2, 0.25) is 0 Å². The quantitative estimate of drug-likeness (QED) is 0.504. The topological polar surface area (TPSA) is 43.6 Å². The van der Waals surface area contributed by atoms with Gasteiger partial charge in [-0.25, -0.2) is 5.32 Å². The third kappa shape index (κ3) is 2.86. The van der Waals surface area contributed by atoms with E-state index in [0.717, 1.165) is 19.5 Å². The lowest BCUT2D eigenvalue weighted by atomic mass is 10.3. The zero-order chi connectivity index (χ0) is 8.10. The molecule has 63 valence electrons. The molecular weight excluding hydrogens is 144 g/mol. The summed E-state index contributed by atoms with van der Waals surface area (Å²) in [7, 11) is 1.41. The first-order valence-corrected chi connectivity index (χ1v) is 3.75. The van der Waals surface area contributed by atoms with Gasteiger partial charge in [0.2, 0.25) is 0 Å². The molecule has 1 aliphatic rings. The van der Waals surface area contributed by atoms with Gasteiger partial charge in [0.1, 0.15) is 0 Å². The average molecular weight is 157 g/mol. The molecule has 1 rings (SSSR count). The number of carbonyl (C=O) groups is 1. The number of nitrogens with zero attached hydrogens (tertiary/aromatic N) is 2. The molecule has 0 aromatic carbocycles. The van der Waals surface area contributed by atoms with Crippen molar-refractivity contribution in [3.05, 3.63) is 0 Å². The second-order valence-corrected chi connectivity index (χ2v) is 2.57. The van der Waals surface area contributed by atoms with Crippen molar-refractivity contribution in [1.82, 2.24) is 10.2 Å². The van der Waals surface area contributed by atoms with Gasteiger partial charge in [-0.3, -0.25) is 9.69 Å². The summed E-state index contributed by atoms with van der Waals surface area (Å²) in [5.74, 6) is -0.179. The van der Waals surface area contributed by atoms with Crippen molar-refractivity contribution in [1.29, 1.82) is 0 Å². The highest BCUT2D eigenvalue weighted by Crippen LogP contribution is 1.96. The highest BCUT2D eigenvalue weighted by Gasteiger charge is 2.13. The van der Waals surface area contributed by atoms with E-state index in [1.54, 1.807) is 0 Å². The van der Waals surface area contributed by atoms with Crippen LogP contribution in [0.25, 0.3) is 0 Å². The van der Waals surface area contributed by atoms with Crippen molar-refractivity contribution in [2.24, 2.45) is 0 Å². The molecule has 4 heteroatoms. The van der Waals surface area contributed by atoms with Gasteiger partial charge in [0.05, 0.1) is 20.3 Å². The van der Waals surface area contributed by atoms with Crippen LogP contribution in [0.4, 0.5) is 0 Å². The van der Waals surface area contributed by atoms with Crippen molar-refractivity contribution < 1.29 is 9.53 Å². The van der Waals surface area contributed by atoms with Crippen molar-refractivity contribution in [3.63, 3.8) is 0 Å².